The van der Waals surface area contributed by atoms with Crippen LogP contribution in [0.5, 0.6) is 0 Å². The molecule has 4 nitrogen and oxygen atoms in total. The Bertz CT molecular complexity index is 2820. The van der Waals surface area contributed by atoms with Gasteiger partial charge >= 0.3 is 523 Å². The van der Waals surface area contributed by atoms with E-state index in [-0.39, 0.29) is 69.5 Å². The van der Waals surface area contributed by atoms with Crippen LogP contribution in [0.15, 0.2) is 109 Å². The minimum atomic E-state index is -3.64. The SMILES string of the molecule is CC(C)c1cccc(C(C)C)c1-c1cccc(-c2c(C(C)C)cccc2C(C)C)[c]1/[Ge]([O]N1C(C)(C)CCCC1(C)C)=[Ge](\[O]N1C(C)(C)CCCC1(C)C)[c]1c(-c2c(C(C)C)cccc2C(C)C)cccc1-c1c(C(C)C)cccc1C(C)C. The van der Waals surface area contributed by atoms with E-state index >= 15 is 0 Å². The number of hydroxylamine groups is 4. The zero-order valence-corrected chi connectivity index (χ0v) is 61.2. The molecule has 6 aromatic rings. The van der Waals surface area contributed by atoms with Crippen LogP contribution in [-0.4, -0.2) is 56.6 Å². The van der Waals surface area contributed by atoms with Gasteiger partial charge < -0.3 is 0 Å². The number of hydrogen-bond acceptors (Lipinski definition) is 4. The number of piperidine rings is 2. The molecule has 0 radical (unpaired) electrons. The minimum absolute atomic E-state index is 0.257. The van der Waals surface area contributed by atoms with Crippen LogP contribution in [0.3, 0.4) is 0 Å². The Labute approximate surface area is 519 Å². The van der Waals surface area contributed by atoms with Gasteiger partial charge in [-0.2, -0.15) is 0 Å². The van der Waals surface area contributed by atoms with Crippen LogP contribution in [0, 0.1) is 0 Å². The van der Waals surface area contributed by atoms with Gasteiger partial charge in [-0.15, -0.1) is 0 Å². The molecule has 84 heavy (non-hydrogen) atoms. The Balaban J connectivity index is 1.83. The monoisotopic (exact) mass is 1250 g/mol. The third-order valence-corrected chi connectivity index (χ3v) is 37.6. The van der Waals surface area contributed by atoms with Crippen molar-refractivity contribution in [1.29, 1.82) is 0 Å². The second kappa shape index (κ2) is 25.9. The van der Waals surface area contributed by atoms with Gasteiger partial charge in [-0.3, -0.25) is 0 Å². The van der Waals surface area contributed by atoms with Gasteiger partial charge in [0.2, 0.25) is 0 Å². The molecule has 2 aliphatic rings. The molecule has 6 heteroatoms. The average Bonchev–Trinajstić information content (AvgIpc) is 1.70. The molecular formula is C78H110Ge2N2O2. The molecule has 452 valence electrons. The summed E-state index contributed by atoms with van der Waals surface area (Å²) in [6.07, 6.45) is 6.55. The van der Waals surface area contributed by atoms with Crippen molar-refractivity contribution in [2.75, 3.05) is 0 Å². The van der Waals surface area contributed by atoms with E-state index in [0.717, 1.165) is 38.5 Å². The quantitative estimate of drug-likeness (QED) is 0.0801. The molecule has 6 aromatic carbocycles. The molecule has 0 aromatic heterocycles. The molecule has 0 amide bonds. The first kappa shape index (κ1) is 65.9. The van der Waals surface area contributed by atoms with Crippen LogP contribution in [0.4, 0.5) is 0 Å². The van der Waals surface area contributed by atoms with Crippen LogP contribution in [0.25, 0.3) is 44.5 Å². The molecule has 8 rings (SSSR count). The number of rotatable bonds is 18. The molecule has 0 aliphatic carbocycles. The summed E-state index contributed by atoms with van der Waals surface area (Å²) in [7, 11) is 0. The van der Waals surface area contributed by atoms with Crippen molar-refractivity contribution < 1.29 is 7.73 Å². The normalized spacial score (nSPS) is 17.6. The summed E-state index contributed by atoms with van der Waals surface area (Å²) in [6, 6.07) is 43.8. The Morgan fingerprint density at radius 2 is 0.452 bits per heavy atom. The predicted molar refractivity (Wildman–Crippen MR) is 368 cm³/mol. The van der Waals surface area contributed by atoms with Crippen molar-refractivity contribution >= 4 is 33.1 Å². The Kier molecular flexibility index (Phi) is 20.3. The fourth-order valence-electron chi connectivity index (χ4n) is 14.9. The van der Waals surface area contributed by atoms with Crippen molar-refractivity contribution in [2.45, 2.75) is 274 Å². The number of nitrogens with zero attached hydrogens (tertiary/aromatic N) is 2. The fraction of sp³-hybridized carbons (Fsp3) is 0.538. The molecule has 2 heterocycles. The first-order chi connectivity index (χ1) is 39.3. The van der Waals surface area contributed by atoms with Gasteiger partial charge in [-0.25, -0.2) is 0 Å². The molecular weight excluding hydrogens is 1140 g/mol. The summed E-state index contributed by atoms with van der Waals surface area (Å²) < 4.78 is 21.0. The molecule has 0 spiro atoms. The zero-order chi connectivity index (χ0) is 61.7. The second-order valence-corrected chi connectivity index (χ2v) is 45.9. The van der Waals surface area contributed by atoms with E-state index in [2.05, 4.69) is 285 Å². The molecule has 2 aliphatic heterocycles. The fourth-order valence-corrected chi connectivity index (χ4v) is 37.9. The predicted octanol–water partition coefficient (Wildman–Crippen LogP) is 21.5. The summed E-state index contributed by atoms with van der Waals surface area (Å²) in [5, 5.41) is 5.20. The van der Waals surface area contributed by atoms with E-state index < -0.39 is 24.3 Å². The summed E-state index contributed by atoms with van der Waals surface area (Å²) in [5.74, 6) is 2.27. The van der Waals surface area contributed by atoms with Gasteiger partial charge in [-0.1, -0.05) is 0 Å². The molecule has 2 fully saturated rings. The molecule has 0 atom stereocenters. The van der Waals surface area contributed by atoms with Crippen molar-refractivity contribution in [3.05, 3.63) is 154 Å². The maximum absolute atomic E-state index is 9.04. The molecule has 0 saturated carbocycles. The Hall–Kier alpha value is -4.07. The first-order valence-electron chi connectivity index (χ1n) is 32.8. The summed E-state index contributed by atoms with van der Waals surface area (Å²) >= 11 is -7.27. The van der Waals surface area contributed by atoms with E-state index in [1.54, 1.807) is 0 Å². The third kappa shape index (κ3) is 13.1. The maximum atomic E-state index is 9.04. The Morgan fingerprint density at radius 1 is 0.286 bits per heavy atom. The molecule has 0 N–H and O–H groups in total. The molecule has 0 unspecified atom stereocenters. The van der Waals surface area contributed by atoms with Crippen molar-refractivity contribution in [3.8, 4) is 44.5 Å². The first-order valence-corrected chi connectivity index (χ1v) is 43.2. The second-order valence-electron chi connectivity index (χ2n) is 30.3. The average molecular weight is 1250 g/mol. The van der Waals surface area contributed by atoms with E-state index in [1.807, 2.05) is 0 Å². The van der Waals surface area contributed by atoms with Gasteiger partial charge in [0.15, 0.2) is 0 Å². The summed E-state index contributed by atoms with van der Waals surface area (Å²) in [5.41, 5.74) is 21.1. The third-order valence-electron chi connectivity index (χ3n) is 19.1. The molecule has 0 bridgehead atoms. The van der Waals surface area contributed by atoms with Gasteiger partial charge in [0.05, 0.1) is 0 Å². The van der Waals surface area contributed by atoms with Crippen LogP contribution >= 0.6 is 0 Å². The topological polar surface area (TPSA) is 24.9 Å². The summed E-state index contributed by atoms with van der Waals surface area (Å²) in [4.78, 5) is 0. The van der Waals surface area contributed by atoms with Gasteiger partial charge in [0, 0.05) is 0 Å². The van der Waals surface area contributed by atoms with Gasteiger partial charge in [0.1, 0.15) is 0 Å². The van der Waals surface area contributed by atoms with Crippen LogP contribution in [-0.2, 0) is 7.73 Å². The van der Waals surface area contributed by atoms with Crippen molar-refractivity contribution in [3.63, 3.8) is 0 Å². The number of benzene rings is 6. The number of hydrogen-bond donors (Lipinski definition) is 0. The van der Waals surface area contributed by atoms with E-state index in [9.17, 15) is 0 Å². The van der Waals surface area contributed by atoms with E-state index in [0.29, 0.717) is 0 Å². The van der Waals surface area contributed by atoms with E-state index in [1.165, 1.54) is 97.8 Å². The standard InChI is InChI=1S/C78H110Ge2N2O2/c1-49(2)57-33-25-34-58(50(3)4)69(57)65-41-29-42-66(70-59(51(5)6)35-26-36-60(70)52(7)8)73(65)79(83-81-75(17,18)45-31-46-76(81,19)20)80(84-82-77(21,22)47-32-48-78(82,23)24)74-67(71-61(53(9)10)37-27-38-62(71)54(11)12)43-30-44-68(74)72-63(55(13)14)39-28-40-64(72)56(15)16/h25-30,33-44,49-56H,31-32,45-48H2,1-24H3/b80-79+. The van der Waals surface area contributed by atoms with Gasteiger partial charge in [0.25, 0.3) is 0 Å². The Morgan fingerprint density at radius 3 is 0.619 bits per heavy atom. The van der Waals surface area contributed by atoms with Crippen molar-refractivity contribution in [2.24, 2.45) is 0 Å². The van der Waals surface area contributed by atoms with Crippen LogP contribution < -0.4 is 8.79 Å². The van der Waals surface area contributed by atoms with Gasteiger partial charge in [-0.05, 0) is 0 Å². The summed E-state index contributed by atoms with van der Waals surface area (Å²) in [6.45, 7) is 58.4. The van der Waals surface area contributed by atoms with Crippen LogP contribution in [0.2, 0.25) is 0 Å². The van der Waals surface area contributed by atoms with Crippen molar-refractivity contribution in [1.82, 2.24) is 10.1 Å². The zero-order valence-electron chi connectivity index (χ0n) is 57.0. The van der Waals surface area contributed by atoms with Crippen LogP contribution in [0.1, 0.15) is 297 Å². The van der Waals surface area contributed by atoms with E-state index in [4.69, 9.17) is 7.73 Å². The molecule has 2 saturated heterocycles.